The van der Waals surface area contributed by atoms with Gasteiger partial charge in [-0.1, -0.05) is 0 Å². The lowest BCUT2D eigenvalue weighted by molar-refractivity contribution is -0.0421. The Labute approximate surface area is 110 Å². The lowest BCUT2D eigenvalue weighted by Gasteiger charge is -2.33. The Balaban J connectivity index is 2.16. The SMILES string of the molecule is COCC(C)OCC(O)CN1CCCC(CN)C1. The summed E-state index contributed by atoms with van der Waals surface area (Å²) in [6.07, 6.45) is 1.99. The number of hydrogen-bond donors (Lipinski definition) is 2. The lowest BCUT2D eigenvalue weighted by Crippen LogP contribution is -2.43. The zero-order valence-corrected chi connectivity index (χ0v) is 11.7. The van der Waals surface area contributed by atoms with Crippen LogP contribution < -0.4 is 5.73 Å². The molecule has 0 aromatic heterocycles. The van der Waals surface area contributed by atoms with Crippen LogP contribution in [0.25, 0.3) is 0 Å². The first-order chi connectivity index (χ1) is 8.65. The highest BCUT2D eigenvalue weighted by Crippen LogP contribution is 2.15. The van der Waals surface area contributed by atoms with Crippen LogP contribution >= 0.6 is 0 Å². The minimum atomic E-state index is -0.430. The molecule has 108 valence electrons. The van der Waals surface area contributed by atoms with Crippen molar-refractivity contribution < 1.29 is 14.6 Å². The molecular weight excluding hydrogens is 232 g/mol. The van der Waals surface area contributed by atoms with E-state index in [4.69, 9.17) is 15.2 Å². The van der Waals surface area contributed by atoms with Crippen molar-refractivity contribution in [3.05, 3.63) is 0 Å². The number of rotatable bonds is 8. The molecule has 0 aromatic rings. The molecule has 0 saturated carbocycles. The molecule has 3 unspecified atom stereocenters. The van der Waals surface area contributed by atoms with Crippen molar-refractivity contribution in [3.63, 3.8) is 0 Å². The fourth-order valence-electron chi connectivity index (χ4n) is 2.42. The van der Waals surface area contributed by atoms with Gasteiger partial charge >= 0.3 is 0 Å². The number of hydrogen-bond acceptors (Lipinski definition) is 5. The highest BCUT2D eigenvalue weighted by atomic mass is 16.5. The maximum atomic E-state index is 9.94. The second kappa shape index (κ2) is 8.82. The molecule has 5 heteroatoms. The molecule has 0 aromatic carbocycles. The second-order valence-corrected chi connectivity index (χ2v) is 5.26. The summed E-state index contributed by atoms with van der Waals surface area (Å²) in [6, 6.07) is 0. The highest BCUT2D eigenvalue weighted by molar-refractivity contribution is 4.75. The standard InChI is InChI=1S/C13H28N2O3/c1-11(9-17-2)18-10-13(16)8-15-5-3-4-12(6-14)7-15/h11-13,16H,3-10,14H2,1-2H3. The molecule has 0 aliphatic carbocycles. The summed E-state index contributed by atoms with van der Waals surface area (Å²) in [5.74, 6) is 0.583. The molecular formula is C13H28N2O3. The van der Waals surface area contributed by atoms with Crippen molar-refractivity contribution in [2.24, 2.45) is 11.7 Å². The van der Waals surface area contributed by atoms with Crippen LogP contribution in [0.5, 0.6) is 0 Å². The average Bonchev–Trinajstić information content (AvgIpc) is 2.37. The fourth-order valence-corrected chi connectivity index (χ4v) is 2.42. The van der Waals surface area contributed by atoms with Gasteiger partial charge in [0.05, 0.1) is 25.4 Å². The Morgan fingerprint density at radius 1 is 1.44 bits per heavy atom. The largest absolute Gasteiger partial charge is 0.389 e. The molecule has 3 atom stereocenters. The van der Waals surface area contributed by atoms with Crippen molar-refractivity contribution in [2.75, 3.05) is 46.5 Å². The van der Waals surface area contributed by atoms with Crippen molar-refractivity contribution in [3.8, 4) is 0 Å². The van der Waals surface area contributed by atoms with E-state index in [9.17, 15) is 5.11 Å². The molecule has 3 N–H and O–H groups in total. The van der Waals surface area contributed by atoms with Crippen molar-refractivity contribution in [1.29, 1.82) is 0 Å². The van der Waals surface area contributed by atoms with E-state index in [0.29, 0.717) is 25.7 Å². The van der Waals surface area contributed by atoms with E-state index < -0.39 is 6.10 Å². The molecule has 1 heterocycles. The Kier molecular flexibility index (Phi) is 7.77. The van der Waals surface area contributed by atoms with E-state index in [0.717, 1.165) is 19.6 Å². The van der Waals surface area contributed by atoms with Gasteiger partial charge in [0.1, 0.15) is 0 Å². The van der Waals surface area contributed by atoms with Gasteiger partial charge < -0.3 is 25.2 Å². The fraction of sp³-hybridized carbons (Fsp3) is 1.00. The lowest BCUT2D eigenvalue weighted by atomic mass is 9.98. The van der Waals surface area contributed by atoms with Crippen molar-refractivity contribution in [1.82, 2.24) is 4.90 Å². The molecule has 0 radical (unpaired) electrons. The number of likely N-dealkylation sites (tertiary alicyclic amines) is 1. The highest BCUT2D eigenvalue weighted by Gasteiger charge is 2.21. The first kappa shape index (κ1) is 15.9. The molecule has 1 rings (SSSR count). The summed E-state index contributed by atoms with van der Waals surface area (Å²) in [4.78, 5) is 2.29. The average molecular weight is 260 g/mol. The Morgan fingerprint density at radius 3 is 2.89 bits per heavy atom. The quantitative estimate of drug-likeness (QED) is 0.646. The van der Waals surface area contributed by atoms with Crippen LogP contribution in [0.4, 0.5) is 0 Å². The second-order valence-electron chi connectivity index (χ2n) is 5.26. The molecule has 18 heavy (non-hydrogen) atoms. The first-order valence-corrected chi connectivity index (χ1v) is 6.86. The van der Waals surface area contributed by atoms with Gasteiger partial charge in [0, 0.05) is 20.2 Å². The van der Waals surface area contributed by atoms with Crippen LogP contribution in [0.3, 0.4) is 0 Å². The van der Waals surface area contributed by atoms with Gasteiger partial charge in [0.25, 0.3) is 0 Å². The van der Waals surface area contributed by atoms with Crippen LogP contribution in [0.15, 0.2) is 0 Å². The van der Waals surface area contributed by atoms with E-state index in [2.05, 4.69) is 4.90 Å². The van der Waals surface area contributed by atoms with E-state index in [1.165, 1.54) is 12.8 Å². The van der Waals surface area contributed by atoms with Gasteiger partial charge in [-0.05, 0) is 38.8 Å². The molecule has 1 aliphatic heterocycles. The van der Waals surface area contributed by atoms with E-state index in [-0.39, 0.29) is 6.10 Å². The van der Waals surface area contributed by atoms with E-state index in [1.54, 1.807) is 7.11 Å². The predicted molar refractivity (Wildman–Crippen MR) is 71.5 cm³/mol. The number of nitrogens with two attached hydrogens (primary N) is 1. The zero-order chi connectivity index (χ0) is 13.4. The zero-order valence-electron chi connectivity index (χ0n) is 11.7. The third-order valence-electron chi connectivity index (χ3n) is 3.38. The Morgan fingerprint density at radius 2 is 2.22 bits per heavy atom. The van der Waals surface area contributed by atoms with Gasteiger partial charge in [-0.25, -0.2) is 0 Å². The van der Waals surface area contributed by atoms with Crippen LogP contribution in [-0.2, 0) is 9.47 Å². The summed E-state index contributed by atoms with van der Waals surface area (Å²) in [5.41, 5.74) is 5.70. The molecule has 1 aliphatic rings. The van der Waals surface area contributed by atoms with E-state index >= 15 is 0 Å². The van der Waals surface area contributed by atoms with Gasteiger partial charge in [0.15, 0.2) is 0 Å². The molecule has 0 amide bonds. The number of nitrogens with zero attached hydrogens (tertiary/aromatic N) is 1. The van der Waals surface area contributed by atoms with E-state index in [1.807, 2.05) is 6.92 Å². The minimum absolute atomic E-state index is 0.0304. The smallest absolute Gasteiger partial charge is 0.0900 e. The summed E-state index contributed by atoms with van der Waals surface area (Å²) in [5, 5.41) is 9.94. The number of methoxy groups -OCH3 is 1. The topological polar surface area (TPSA) is 68.0 Å². The monoisotopic (exact) mass is 260 g/mol. The Hall–Kier alpha value is -0.200. The number of aliphatic hydroxyl groups excluding tert-OH is 1. The summed E-state index contributed by atoms with van der Waals surface area (Å²) in [6.45, 7) is 6.36. The maximum Gasteiger partial charge on any atom is 0.0900 e. The van der Waals surface area contributed by atoms with Gasteiger partial charge in [-0.15, -0.1) is 0 Å². The predicted octanol–water partition coefficient (Wildman–Crippen LogP) is 0.0695. The van der Waals surface area contributed by atoms with Crippen LogP contribution in [0, 0.1) is 5.92 Å². The minimum Gasteiger partial charge on any atom is -0.389 e. The number of piperidine rings is 1. The van der Waals surface area contributed by atoms with Gasteiger partial charge in [0.2, 0.25) is 0 Å². The first-order valence-electron chi connectivity index (χ1n) is 6.86. The summed E-state index contributed by atoms with van der Waals surface area (Å²) >= 11 is 0. The number of aliphatic hydroxyl groups is 1. The van der Waals surface area contributed by atoms with Crippen LogP contribution in [0.1, 0.15) is 19.8 Å². The summed E-state index contributed by atoms with van der Waals surface area (Å²) < 4.78 is 10.5. The maximum absolute atomic E-state index is 9.94. The number of β-amino-alcohol motifs (C(OH)–C–C–N with tert-alkyl or cyclic N) is 1. The number of ether oxygens (including phenoxy) is 2. The van der Waals surface area contributed by atoms with Crippen LogP contribution in [0.2, 0.25) is 0 Å². The van der Waals surface area contributed by atoms with Crippen LogP contribution in [-0.4, -0.2) is 68.7 Å². The third kappa shape index (κ3) is 6.11. The Bertz CT molecular complexity index is 216. The third-order valence-corrected chi connectivity index (χ3v) is 3.38. The van der Waals surface area contributed by atoms with Crippen molar-refractivity contribution >= 4 is 0 Å². The molecule has 0 spiro atoms. The van der Waals surface area contributed by atoms with Gasteiger partial charge in [-0.3, -0.25) is 0 Å². The van der Waals surface area contributed by atoms with Crippen molar-refractivity contribution in [2.45, 2.75) is 32.0 Å². The van der Waals surface area contributed by atoms with Gasteiger partial charge in [-0.2, -0.15) is 0 Å². The molecule has 0 bridgehead atoms. The molecule has 1 saturated heterocycles. The molecule has 1 fully saturated rings. The normalized spacial score (nSPS) is 25.0. The molecule has 5 nitrogen and oxygen atoms in total. The summed E-state index contributed by atoms with van der Waals surface area (Å²) in [7, 11) is 1.65.